The Bertz CT molecular complexity index is 771. The maximum Gasteiger partial charge on any atom is 0.340 e. The number of hydrogen-bond donors (Lipinski definition) is 1. The van der Waals surface area contributed by atoms with Crippen LogP contribution >= 0.6 is 0 Å². The highest BCUT2D eigenvalue weighted by molar-refractivity contribution is 5.92. The lowest BCUT2D eigenvalue weighted by molar-refractivity contribution is 0.246. The number of amides is 2. The lowest BCUT2D eigenvalue weighted by Crippen LogP contribution is -2.50. The van der Waals surface area contributed by atoms with Crippen LogP contribution < -0.4 is 15.3 Å². The van der Waals surface area contributed by atoms with E-state index >= 15 is 0 Å². The highest BCUT2D eigenvalue weighted by Crippen LogP contribution is 2.15. The molecule has 2 rings (SSSR count). The number of benzene rings is 1. The molecule has 0 aliphatic heterocycles. The molecule has 0 saturated heterocycles. The molecule has 25 heavy (non-hydrogen) atoms. The van der Waals surface area contributed by atoms with Gasteiger partial charge in [-0.2, -0.15) is 10.2 Å². The number of nitrogens with zero attached hydrogens (tertiary/aromatic N) is 5. The summed E-state index contributed by atoms with van der Waals surface area (Å²) in [6, 6.07) is 8.68. The number of aromatic nitrogens is 2. The second-order valence-corrected chi connectivity index (χ2v) is 5.81. The van der Waals surface area contributed by atoms with Gasteiger partial charge in [-0.15, -0.1) is 0 Å². The summed E-state index contributed by atoms with van der Waals surface area (Å²) < 4.78 is 13.0. The van der Waals surface area contributed by atoms with Gasteiger partial charge < -0.3 is 0 Å². The van der Waals surface area contributed by atoms with Gasteiger partial charge in [0.1, 0.15) is 11.9 Å². The fraction of sp³-hybridized carbons (Fsp3) is 0.294. The predicted molar refractivity (Wildman–Crippen MR) is 92.3 cm³/mol. The SMILES string of the molecule is CC(C)CN(NC(=O)N(C)c1ccc(F)cc1)c1ccnc(C#N)n1. The summed E-state index contributed by atoms with van der Waals surface area (Å²) >= 11 is 0. The highest BCUT2D eigenvalue weighted by Gasteiger charge is 2.17. The summed E-state index contributed by atoms with van der Waals surface area (Å²) in [5.41, 5.74) is 3.30. The van der Waals surface area contributed by atoms with Crippen molar-refractivity contribution < 1.29 is 9.18 Å². The molecule has 0 unspecified atom stereocenters. The monoisotopic (exact) mass is 342 g/mol. The smallest absolute Gasteiger partial charge is 0.296 e. The van der Waals surface area contributed by atoms with Crippen molar-refractivity contribution in [3.05, 3.63) is 48.2 Å². The van der Waals surface area contributed by atoms with Crippen molar-refractivity contribution >= 4 is 17.5 Å². The van der Waals surface area contributed by atoms with E-state index in [0.29, 0.717) is 18.1 Å². The quantitative estimate of drug-likeness (QED) is 0.845. The first kappa shape index (κ1) is 18.1. The van der Waals surface area contributed by atoms with E-state index < -0.39 is 6.03 Å². The first-order valence-electron chi connectivity index (χ1n) is 7.71. The molecule has 0 aliphatic carbocycles. The second-order valence-electron chi connectivity index (χ2n) is 5.81. The third-order valence-corrected chi connectivity index (χ3v) is 3.31. The first-order valence-corrected chi connectivity index (χ1v) is 7.71. The summed E-state index contributed by atoms with van der Waals surface area (Å²) in [4.78, 5) is 21.8. The molecule has 0 bridgehead atoms. The molecular weight excluding hydrogens is 323 g/mol. The number of nitrogens with one attached hydrogen (secondary N) is 1. The van der Waals surface area contributed by atoms with E-state index in [-0.39, 0.29) is 17.6 Å². The number of rotatable bonds is 5. The number of hydrazine groups is 1. The van der Waals surface area contributed by atoms with Crippen molar-refractivity contribution in [3.63, 3.8) is 0 Å². The Balaban J connectivity index is 2.19. The normalized spacial score (nSPS) is 10.2. The number of urea groups is 1. The summed E-state index contributed by atoms with van der Waals surface area (Å²) in [5, 5.41) is 10.5. The van der Waals surface area contributed by atoms with E-state index in [1.54, 1.807) is 18.1 Å². The molecule has 1 heterocycles. The molecular formula is C17H19FN6O. The van der Waals surface area contributed by atoms with Crippen LogP contribution in [0.2, 0.25) is 0 Å². The Morgan fingerprint density at radius 2 is 2.00 bits per heavy atom. The molecule has 0 saturated carbocycles. The molecule has 0 aliphatic rings. The van der Waals surface area contributed by atoms with Crippen LogP contribution in [-0.4, -0.2) is 29.6 Å². The summed E-state index contributed by atoms with van der Waals surface area (Å²) in [5.74, 6) is 0.300. The van der Waals surface area contributed by atoms with Crippen LogP contribution in [-0.2, 0) is 0 Å². The first-order chi connectivity index (χ1) is 11.9. The van der Waals surface area contributed by atoms with Gasteiger partial charge in [0.15, 0.2) is 5.82 Å². The van der Waals surface area contributed by atoms with E-state index in [4.69, 9.17) is 5.26 Å². The van der Waals surface area contributed by atoms with Gasteiger partial charge in [-0.1, -0.05) is 13.8 Å². The van der Waals surface area contributed by atoms with Crippen molar-refractivity contribution in [1.29, 1.82) is 5.26 Å². The van der Waals surface area contributed by atoms with Crippen molar-refractivity contribution in [2.75, 3.05) is 23.5 Å². The Morgan fingerprint density at radius 1 is 1.32 bits per heavy atom. The van der Waals surface area contributed by atoms with Gasteiger partial charge in [0, 0.05) is 31.5 Å². The Kier molecular flexibility index (Phi) is 5.84. The Labute approximate surface area is 145 Å². The zero-order valence-electron chi connectivity index (χ0n) is 14.3. The fourth-order valence-electron chi connectivity index (χ4n) is 2.09. The van der Waals surface area contributed by atoms with Crippen molar-refractivity contribution in [2.45, 2.75) is 13.8 Å². The molecule has 1 aromatic carbocycles. The van der Waals surface area contributed by atoms with Crippen LogP contribution in [0.25, 0.3) is 0 Å². The maximum atomic E-state index is 13.0. The lowest BCUT2D eigenvalue weighted by atomic mass is 10.2. The Morgan fingerprint density at radius 3 is 2.60 bits per heavy atom. The molecule has 8 heteroatoms. The van der Waals surface area contributed by atoms with Crippen molar-refractivity contribution in [2.24, 2.45) is 5.92 Å². The minimum absolute atomic E-state index is 0.0207. The molecule has 2 aromatic rings. The van der Waals surface area contributed by atoms with Gasteiger partial charge >= 0.3 is 6.03 Å². The molecule has 0 atom stereocenters. The van der Waals surface area contributed by atoms with Gasteiger partial charge in [0.25, 0.3) is 0 Å². The van der Waals surface area contributed by atoms with Crippen molar-refractivity contribution in [3.8, 4) is 6.07 Å². The molecule has 0 radical (unpaired) electrons. The summed E-state index contributed by atoms with van der Waals surface area (Å²) in [6.45, 7) is 4.48. The van der Waals surface area contributed by atoms with Crippen LogP contribution in [0.1, 0.15) is 19.7 Å². The topological polar surface area (TPSA) is 85.2 Å². The molecule has 7 nitrogen and oxygen atoms in total. The van der Waals surface area contributed by atoms with Gasteiger partial charge in [-0.25, -0.2) is 19.6 Å². The van der Waals surface area contributed by atoms with Gasteiger partial charge in [-0.05, 0) is 30.2 Å². The Hall–Kier alpha value is -3.21. The van der Waals surface area contributed by atoms with Crippen LogP contribution in [0, 0.1) is 23.1 Å². The summed E-state index contributed by atoms with van der Waals surface area (Å²) in [6.07, 6.45) is 1.46. The third kappa shape index (κ3) is 4.88. The van der Waals surface area contributed by atoms with Crippen LogP contribution in [0.15, 0.2) is 36.5 Å². The molecule has 2 amide bonds. The van der Waals surface area contributed by atoms with Gasteiger partial charge in [-0.3, -0.25) is 9.91 Å². The maximum absolute atomic E-state index is 13.0. The van der Waals surface area contributed by atoms with Crippen LogP contribution in [0.3, 0.4) is 0 Å². The number of nitriles is 1. The zero-order chi connectivity index (χ0) is 18.4. The van der Waals surface area contributed by atoms with E-state index in [9.17, 15) is 9.18 Å². The highest BCUT2D eigenvalue weighted by atomic mass is 19.1. The average molecular weight is 342 g/mol. The third-order valence-electron chi connectivity index (χ3n) is 3.31. The van der Waals surface area contributed by atoms with Crippen LogP contribution in [0.5, 0.6) is 0 Å². The van der Waals surface area contributed by atoms with Crippen molar-refractivity contribution in [1.82, 2.24) is 15.4 Å². The largest absolute Gasteiger partial charge is 0.340 e. The average Bonchev–Trinajstić information content (AvgIpc) is 2.60. The number of anilines is 2. The number of halogens is 1. The predicted octanol–water partition coefficient (Wildman–Crippen LogP) is 2.71. The molecule has 0 fully saturated rings. The molecule has 0 spiro atoms. The standard InChI is InChI=1S/C17H19FN6O/c1-12(2)11-24(16-8-9-20-15(10-19)21-16)22-17(25)23(3)14-6-4-13(18)5-7-14/h4-9,12H,11H2,1-3H3,(H,22,25). The minimum Gasteiger partial charge on any atom is -0.296 e. The second kappa shape index (κ2) is 8.06. The molecule has 1 N–H and O–H groups in total. The number of hydrogen-bond acceptors (Lipinski definition) is 5. The fourth-order valence-corrected chi connectivity index (χ4v) is 2.09. The van der Waals surface area contributed by atoms with E-state index in [1.807, 2.05) is 19.9 Å². The number of carbonyl (C=O) groups is 1. The van der Waals surface area contributed by atoms with Crippen LogP contribution in [0.4, 0.5) is 20.7 Å². The number of carbonyl (C=O) groups excluding carboxylic acids is 1. The zero-order valence-corrected chi connectivity index (χ0v) is 14.3. The van der Waals surface area contributed by atoms with E-state index in [0.717, 1.165) is 0 Å². The molecule has 1 aromatic heterocycles. The van der Waals surface area contributed by atoms with E-state index in [2.05, 4.69) is 15.4 Å². The summed E-state index contributed by atoms with van der Waals surface area (Å²) in [7, 11) is 1.58. The van der Waals surface area contributed by atoms with Gasteiger partial charge in [0.05, 0.1) is 0 Å². The lowest BCUT2D eigenvalue weighted by Gasteiger charge is -2.28. The van der Waals surface area contributed by atoms with E-state index in [1.165, 1.54) is 35.4 Å². The molecule has 130 valence electrons. The minimum atomic E-state index is -0.413. The van der Waals surface area contributed by atoms with Gasteiger partial charge in [0.2, 0.25) is 5.82 Å².